The van der Waals surface area contributed by atoms with Crippen LogP contribution in [-0.2, 0) is 9.84 Å². The minimum atomic E-state index is -3.86. The summed E-state index contributed by atoms with van der Waals surface area (Å²) >= 11 is 0. The molecule has 2 rings (SSSR count). The quantitative estimate of drug-likeness (QED) is 0.885. The van der Waals surface area contributed by atoms with Gasteiger partial charge in [0.15, 0.2) is 0 Å². The average molecular weight is 278 g/mol. The molecule has 4 nitrogen and oxygen atoms in total. The smallest absolute Gasteiger partial charge is 0.210 e. The van der Waals surface area contributed by atoms with Crippen molar-refractivity contribution in [3.05, 3.63) is 47.5 Å². The summed E-state index contributed by atoms with van der Waals surface area (Å²) < 4.78 is 25.0. The topological polar surface area (TPSA) is 74.6 Å². The molecule has 0 aliphatic heterocycles. The molecule has 0 aromatic heterocycles. The van der Waals surface area contributed by atoms with Crippen LogP contribution >= 0.6 is 0 Å². The summed E-state index contributed by atoms with van der Waals surface area (Å²) in [6.45, 7) is 3.26. The van der Waals surface area contributed by atoms with E-state index in [-0.39, 0.29) is 21.3 Å². The molecular weight excluding hydrogens is 264 g/mol. The van der Waals surface area contributed by atoms with Gasteiger partial charge in [-0.1, -0.05) is 18.2 Å². The third-order valence-electron chi connectivity index (χ3n) is 2.93. The fraction of sp³-hybridized carbons (Fsp3) is 0.143. The second-order valence-electron chi connectivity index (χ2n) is 4.38. The van der Waals surface area contributed by atoms with E-state index in [9.17, 15) is 18.6 Å². The van der Waals surface area contributed by atoms with Crippen LogP contribution in [0.3, 0.4) is 0 Å². The summed E-state index contributed by atoms with van der Waals surface area (Å²) in [7, 11) is -3.86. The first kappa shape index (κ1) is 13.4. The number of aromatic hydroxyl groups is 2. The zero-order valence-corrected chi connectivity index (χ0v) is 11.4. The number of hydrogen-bond donors (Lipinski definition) is 2. The number of hydrogen-bond acceptors (Lipinski definition) is 4. The number of phenolic OH excluding ortho intramolecular Hbond substituents is 2. The van der Waals surface area contributed by atoms with E-state index in [4.69, 9.17) is 0 Å². The Hall–Kier alpha value is -2.01. The molecule has 0 atom stereocenters. The molecule has 0 saturated heterocycles. The molecule has 2 aromatic rings. The van der Waals surface area contributed by atoms with E-state index in [0.29, 0.717) is 11.1 Å². The third kappa shape index (κ3) is 2.29. The van der Waals surface area contributed by atoms with Crippen LogP contribution in [0.15, 0.2) is 46.2 Å². The normalized spacial score (nSPS) is 11.5. The first-order chi connectivity index (χ1) is 8.84. The first-order valence-corrected chi connectivity index (χ1v) is 7.15. The summed E-state index contributed by atoms with van der Waals surface area (Å²) in [5.74, 6) is -0.380. The Morgan fingerprint density at radius 1 is 0.947 bits per heavy atom. The second kappa shape index (κ2) is 4.59. The van der Waals surface area contributed by atoms with Gasteiger partial charge in [-0.05, 0) is 43.2 Å². The third-order valence-corrected chi connectivity index (χ3v) is 4.85. The van der Waals surface area contributed by atoms with Crippen molar-refractivity contribution in [3.8, 4) is 11.5 Å². The molecule has 0 radical (unpaired) electrons. The molecule has 19 heavy (non-hydrogen) atoms. The highest BCUT2D eigenvalue weighted by atomic mass is 32.2. The zero-order chi connectivity index (χ0) is 14.2. The van der Waals surface area contributed by atoms with Crippen LogP contribution < -0.4 is 0 Å². The van der Waals surface area contributed by atoms with Crippen LogP contribution in [-0.4, -0.2) is 18.6 Å². The van der Waals surface area contributed by atoms with Gasteiger partial charge >= 0.3 is 0 Å². The minimum Gasteiger partial charge on any atom is -0.508 e. The molecule has 5 heteroatoms. The van der Waals surface area contributed by atoms with Crippen LogP contribution in [0, 0.1) is 13.8 Å². The number of phenols is 2. The van der Waals surface area contributed by atoms with Crippen molar-refractivity contribution < 1.29 is 18.6 Å². The van der Waals surface area contributed by atoms with E-state index >= 15 is 0 Å². The van der Waals surface area contributed by atoms with Crippen LogP contribution in [0.4, 0.5) is 0 Å². The van der Waals surface area contributed by atoms with E-state index in [0.717, 1.165) is 6.07 Å². The molecule has 0 unspecified atom stereocenters. The second-order valence-corrected chi connectivity index (χ2v) is 6.26. The van der Waals surface area contributed by atoms with E-state index < -0.39 is 9.84 Å². The van der Waals surface area contributed by atoms with Gasteiger partial charge in [0.1, 0.15) is 16.4 Å². The van der Waals surface area contributed by atoms with Crippen molar-refractivity contribution in [1.29, 1.82) is 0 Å². The van der Waals surface area contributed by atoms with Gasteiger partial charge in [-0.2, -0.15) is 0 Å². The molecule has 0 fully saturated rings. The molecule has 0 spiro atoms. The molecule has 0 amide bonds. The Morgan fingerprint density at radius 3 is 2.21 bits per heavy atom. The van der Waals surface area contributed by atoms with Gasteiger partial charge in [-0.15, -0.1) is 0 Å². The predicted octanol–water partition coefficient (Wildman–Crippen LogP) is 2.55. The Kier molecular flexibility index (Phi) is 3.24. The lowest BCUT2D eigenvalue weighted by Crippen LogP contribution is -2.05. The highest BCUT2D eigenvalue weighted by Gasteiger charge is 2.25. The number of aryl methyl sites for hydroxylation is 2. The lowest BCUT2D eigenvalue weighted by molar-refractivity contribution is 0.453. The van der Waals surface area contributed by atoms with Crippen LogP contribution in [0.25, 0.3) is 0 Å². The van der Waals surface area contributed by atoms with Gasteiger partial charge < -0.3 is 10.2 Å². The van der Waals surface area contributed by atoms with Crippen molar-refractivity contribution in [2.75, 3.05) is 0 Å². The molecule has 2 N–H and O–H groups in total. The molecule has 100 valence electrons. The van der Waals surface area contributed by atoms with Crippen molar-refractivity contribution >= 4 is 9.84 Å². The summed E-state index contributed by atoms with van der Waals surface area (Å²) in [6, 6.07) is 8.69. The van der Waals surface area contributed by atoms with Crippen molar-refractivity contribution in [3.63, 3.8) is 0 Å². The van der Waals surface area contributed by atoms with Crippen LogP contribution in [0.5, 0.6) is 11.5 Å². The predicted molar refractivity (Wildman–Crippen MR) is 71.1 cm³/mol. The Morgan fingerprint density at radius 2 is 1.58 bits per heavy atom. The molecule has 0 aliphatic rings. The van der Waals surface area contributed by atoms with E-state index in [1.165, 1.54) is 18.2 Å². The van der Waals surface area contributed by atoms with Gasteiger partial charge in [0.05, 0.1) is 4.90 Å². The Labute approximate surface area is 111 Å². The standard InChI is InChI=1S/C14H14O4S/c1-9-6-7-10(2)14(13(9)16)19(17,18)12-5-3-4-11(15)8-12/h3-8,15-16H,1-2H3. The Balaban J connectivity index is 2.74. The maximum absolute atomic E-state index is 12.5. The zero-order valence-electron chi connectivity index (χ0n) is 10.6. The average Bonchev–Trinajstić information content (AvgIpc) is 2.34. The maximum atomic E-state index is 12.5. The molecule has 0 heterocycles. The highest BCUT2D eigenvalue weighted by Crippen LogP contribution is 2.34. The number of benzene rings is 2. The minimum absolute atomic E-state index is 0.0449. The van der Waals surface area contributed by atoms with Crippen molar-refractivity contribution in [2.45, 2.75) is 23.6 Å². The summed E-state index contributed by atoms with van der Waals surface area (Å²) in [6.07, 6.45) is 0. The molecule has 2 aromatic carbocycles. The highest BCUT2D eigenvalue weighted by molar-refractivity contribution is 7.91. The van der Waals surface area contributed by atoms with E-state index in [1.54, 1.807) is 26.0 Å². The molecule has 0 saturated carbocycles. The van der Waals surface area contributed by atoms with Crippen LogP contribution in [0.2, 0.25) is 0 Å². The van der Waals surface area contributed by atoms with E-state index in [2.05, 4.69) is 0 Å². The largest absolute Gasteiger partial charge is 0.508 e. The van der Waals surface area contributed by atoms with Gasteiger partial charge in [0, 0.05) is 0 Å². The van der Waals surface area contributed by atoms with E-state index in [1.807, 2.05) is 0 Å². The van der Waals surface area contributed by atoms with Gasteiger partial charge in [-0.25, -0.2) is 8.42 Å². The molecule has 0 aliphatic carbocycles. The van der Waals surface area contributed by atoms with Crippen molar-refractivity contribution in [2.24, 2.45) is 0 Å². The lowest BCUT2D eigenvalue weighted by atomic mass is 10.1. The maximum Gasteiger partial charge on any atom is 0.210 e. The first-order valence-electron chi connectivity index (χ1n) is 5.67. The number of sulfone groups is 1. The number of rotatable bonds is 2. The Bertz CT molecular complexity index is 733. The fourth-order valence-electron chi connectivity index (χ4n) is 1.88. The summed E-state index contributed by atoms with van der Waals surface area (Å²) in [4.78, 5) is -0.158. The molecular formula is C14H14O4S. The SMILES string of the molecule is Cc1ccc(C)c(S(=O)(=O)c2cccc(O)c2)c1O. The summed E-state index contributed by atoms with van der Waals surface area (Å²) in [5, 5.41) is 19.4. The van der Waals surface area contributed by atoms with Crippen molar-refractivity contribution in [1.82, 2.24) is 0 Å². The fourth-order valence-corrected chi connectivity index (χ4v) is 3.55. The monoisotopic (exact) mass is 278 g/mol. The summed E-state index contributed by atoms with van der Waals surface area (Å²) in [5.41, 5.74) is 0.954. The van der Waals surface area contributed by atoms with Crippen LogP contribution in [0.1, 0.15) is 11.1 Å². The van der Waals surface area contributed by atoms with Gasteiger partial charge in [0.25, 0.3) is 0 Å². The molecule has 0 bridgehead atoms. The lowest BCUT2D eigenvalue weighted by Gasteiger charge is -2.11. The van der Waals surface area contributed by atoms with Gasteiger partial charge in [-0.3, -0.25) is 0 Å². The van der Waals surface area contributed by atoms with Gasteiger partial charge in [0.2, 0.25) is 9.84 Å².